The third kappa shape index (κ3) is 3.22. The summed E-state index contributed by atoms with van der Waals surface area (Å²) in [6.07, 6.45) is 5.47. The Balaban J connectivity index is 1.52. The van der Waals surface area contributed by atoms with Gasteiger partial charge in [0.2, 0.25) is 10.0 Å². The van der Waals surface area contributed by atoms with Crippen molar-refractivity contribution in [1.29, 1.82) is 0 Å². The molecular weight excluding hydrogens is 354 g/mol. The van der Waals surface area contributed by atoms with Crippen LogP contribution in [0.15, 0.2) is 18.2 Å². The monoisotopic (exact) mass is 379 g/mol. The van der Waals surface area contributed by atoms with Crippen molar-refractivity contribution in [1.82, 2.24) is 4.31 Å². The summed E-state index contributed by atoms with van der Waals surface area (Å²) in [7, 11) is -3.62. The summed E-state index contributed by atoms with van der Waals surface area (Å²) in [4.78, 5) is 11.7. The summed E-state index contributed by atoms with van der Waals surface area (Å²) >= 11 is 0. The van der Waals surface area contributed by atoms with Gasteiger partial charge in [-0.1, -0.05) is 25.0 Å². The molecule has 1 N–H and O–H groups in total. The molecule has 3 unspecified atom stereocenters. The second-order valence-corrected chi connectivity index (χ2v) is 9.63. The van der Waals surface area contributed by atoms with Crippen LogP contribution in [0.4, 0.5) is 0 Å². The Morgan fingerprint density at radius 3 is 2.88 bits per heavy atom. The number of ether oxygens (including phenoxy) is 1. The molecule has 2 heterocycles. The van der Waals surface area contributed by atoms with Crippen LogP contribution in [-0.4, -0.2) is 48.2 Å². The molecule has 1 aromatic rings. The highest BCUT2D eigenvalue weighted by molar-refractivity contribution is 7.89. The van der Waals surface area contributed by atoms with Crippen LogP contribution >= 0.6 is 0 Å². The van der Waals surface area contributed by atoms with E-state index >= 15 is 0 Å². The molecule has 4 rings (SSSR count). The van der Waals surface area contributed by atoms with Crippen LogP contribution in [0.5, 0.6) is 5.75 Å². The summed E-state index contributed by atoms with van der Waals surface area (Å²) < 4.78 is 32.9. The Bertz CT molecular complexity index is 806. The highest BCUT2D eigenvalue weighted by atomic mass is 32.2. The van der Waals surface area contributed by atoms with Crippen molar-refractivity contribution >= 4 is 16.0 Å². The van der Waals surface area contributed by atoms with Crippen LogP contribution in [0.25, 0.3) is 0 Å². The second kappa shape index (κ2) is 6.85. The van der Waals surface area contributed by atoms with E-state index in [-0.39, 0.29) is 17.7 Å². The molecule has 0 aromatic heterocycles. The molecular formula is C19H25NO5S. The SMILES string of the molecule is O=C(O)C1CC2CCCCC2N1S(=O)(=O)CCc1ccc2c(c1)CCO2. The van der Waals surface area contributed by atoms with Crippen LogP contribution in [0, 0.1) is 5.92 Å². The standard InChI is InChI=1S/C19H25NO5S/c21-19(22)17-12-14-3-1-2-4-16(14)20(17)26(23,24)10-8-13-5-6-18-15(11-13)7-9-25-18/h5-6,11,14,16-17H,1-4,7-10,12H2,(H,21,22). The smallest absolute Gasteiger partial charge is 0.322 e. The highest BCUT2D eigenvalue weighted by Gasteiger charge is 2.50. The van der Waals surface area contributed by atoms with E-state index in [1.54, 1.807) is 0 Å². The van der Waals surface area contributed by atoms with Gasteiger partial charge in [-0.05, 0) is 48.8 Å². The number of fused-ring (bicyclic) bond motifs is 2. The second-order valence-electron chi connectivity index (χ2n) is 7.64. The highest BCUT2D eigenvalue weighted by Crippen LogP contribution is 2.41. The van der Waals surface area contributed by atoms with E-state index in [9.17, 15) is 18.3 Å². The number of nitrogens with zero attached hydrogens (tertiary/aromatic N) is 1. The minimum Gasteiger partial charge on any atom is -0.493 e. The molecule has 1 saturated carbocycles. The molecule has 1 saturated heterocycles. The maximum absolute atomic E-state index is 13.0. The number of benzene rings is 1. The van der Waals surface area contributed by atoms with E-state index in [1.165, 1.54) is 4.31 Å². The summed E-state index contributed by atoms with van der Waals surface area (Å²) in [5.74, 6) is 0.0150. The molecule has 0 radical (unpaired) electrons. The number of rotatable bonds is 5. The van der Waals surface area contributed by atoms with Crippen molar-refractivity contribution in [2.75, 3.05) is 12.4 Å². The minimum atomic E-state index is -3.62. The zero-order valence-corrected chi connectivity index (χ0v) is 15.6. The zero-order valence-electron chi connectivity index (χ0n) is 14.8. The molecule has 0 amide bonds. The molecule has 7 heteroatoms. The predicted molar refractivity (Wildman–Crippen MR) is 96.8 cm³/mol. The maximum atomic E-state index is 13.0. The summed E-state index contributed by atoms with van der Waals surface area (Å²) in [6.45, 7) is 0.675. The Morgan fingerprint density at radius 1 is 1.27 bits per heavy atom. The first-order valence-corrected chi connectivity index (χ1v) is 11.1. The minimum absolute atomic E-state index is 0.0420. The predicted octanol–water partition coefficient (Wildman–Crippen LogP) is 2.21. The van der Waals surface area contributed by atoms with Crippen molar-refractivity contribution in [3.63, 3.8) is 0 Å². The number of hydrogen-bond donors (Lipinski definition) is 1. The first-order chi connectivity index (χ1) is 12.5. The molecule has 142 valence electrons. The van der Waals surface area contributed by atoms with Crippen molar-refractivity contribution in [2.24, 2.45) is 5.92 Å². The Kier molecular flexibility index (Phi) is 4.69. The normalized spacial score (nSPS) is 28.4. The fraction of sp³-hybridized carbons (Fsp3) is 0.632. The molecule has 3 aliphatic rings. The maximum Gasteiger partial charge on any atom is 0.322 e. The summed E-state index contributed by atoms with van der Waals surface area (Å²) in [5.41, 5.74) is 2.08. The molecule has 6 nitrogen and oxygen atoms in total. The largest absolute Gasteiger partial charge is 0.493 e. The first kappa shape index (κ1) is 17.8. The van der Waals surface area contributed by atoms with Gasteiger partial charge in [0.1, 0.15) is 11.8 Å². The molecule has 0 spiro atoms. The molecule has 26 heavy (non-hydrogen) atoms. The van der Waals surface area contributed by atoms with Gasteiger partial charge in [0, 0.05) is 12.5 Å². The number of sulfonamides is 1. The van der Waals surface area contributed by atoms with E-state index in [0.29, 0.717) is 19.4 Å². The van der Waals surface area contributed by atoms with Crippen LogP contribution in [-0.2, 0) is 27.7 Å². The molecule has 1 aliphatic carbocycles. The fourth-order valence-electron chi connectivity index (χ4n) is 4.78. The van der Waals surface area contributed by atoms with Gasteiger partial charge in [-0.3, -0.25) is 4.79 Å². The van der Waals surface area contributed by atoms with Gasteiger partial charge in [0.15, 0.2) is 0 Å². The molecule has 2 aliphatic heterocycles. The van der Waals surface area contributed by atoms with Gasteiger partial charge in [0.25, 0.3) is 0 Å². The van der Waals surface area contributed by atoms with E-state index in [1.807, 2.05) is 18.2 Å². The zero-order chi connectivity index (χ0) is 18.3. The molecule has 1 aromatic carbocycles. The lowest BCUT2D eigenvalue weighted by Gasteiger charge is -2.32. The number of carboxylic acid groups (broad SMARTS) is 1. The van der Waals surface area contributed by atoms with Crippen LogP contribution in [0.1, 0.15) is 43.2 Å². The van der Waals surface area contributed by atoms with Gasteiger partial charge >= 0.3 is 5.97 Å². The number of aliphatic carboxylic acids is 1. The lowest BCUT2D eigenvalue weighted by Crippen LogP contribution is -2.47. The third-order valence-electron chi connectivity index (χ3n) is 6.04. The van der Waals surface area contributed by atoms with Crippen LogP contribution in [0.3, 0.4) is 0 Å². The van der Waals surface area contributed by atoms with Crippen LogP contribution < -0.4 is 4.74 Å². The lowest BCUT2D eigenvalue weighted by atomic mass is 9.85. The molecule has 3 atom stereocenters. The summed E-state index contributed by atoms with van der Waals surface area (Å²) in [6, 6.07) is 4.78. The van der Waals surface area contributed by atoms with Gasteiger partial charge in [-0.15, -0.1) is 0 Å². The lowest BCUT2D eigenvalue weighted by molar-refractivity contribution is -0.141. The Hall–Kier alpha value is -1.60. The number of carbonyl (C=O) groups is 1. The fourth-order valence-corrected chi connectivity index (χ4v) is 6.74. The number of carboxylic acids is 1. The summed E-state index contributed by atoms with van der Waals surface area (Å²) in [5, 5.41) is 9.57. The van der Waals surface area contributed by atoms with Crippen molar-refractivity contribution in [3.8, 4) is 5.75 Å². The van der Waals surface area contributed by atoms with Crippen molar-refractivity contribution in [3.05, 3.63) is 29.3 Å². The van der Waals surface area contributed by atoms with Gasteiger partial charge in [-0.25, -0.2) is 8.42 Å². The average molecular weight is 379 g/mol. The molecule has 0 bridgehead atoms. The van der Waals surface area contributed by atoms with Crippen molar-refractivity contribution in [2.45, 2.75) is 57.0 Å². The topological polar surface area (TPSA) is 83.9 Å². The van der Waals surface area contributed by atoms with E-state index in [4.69, 9.17) is 4.74 Å². The Morgan fingerprint density at radius 2 is 2.08 bits per heavy atom. The molecule has 2 fully saturated rings. The van der Waals surface area contributed by atoms with Crippen molar-refractivity contribution < 1.29 is 23.1 Å². The van der Waals surface area contributed by atoms with Gasteiger partial charge in [0.05, 0.1) is 12.4 Å². The Labute approximate surface area is 154 Å². The van der Waals surface area contributed by atoms with E-state index in [2.05, 4.69) is 0 Å². The van der Waals surface area contributed by atoms with Gasteiger partial charge < -0.3 is 9.84 Å². The number of hydrogen-bond acceptors (Lipinski definition) is 4. The average Bonchev–Trinajstić information content (AvgIpc) is 3.24. The quantitative estimate of drug-likeness (QED) is 0.848. The third-order valence-corrected chi connectivity index (χ3v) is 7.93. The first-order valence-electron chi connectivity index (χ1n) is 9.44. The number of aryl methyl sites for hydroxylation is 1. The van der Waals surface area contributed by atoms with E-state index < -0.39 is 22.0 Å². The van der Waals surface area contributed by atoms with Crippen LogP contribution in [0.2, 0.25) is 0 Å². The van der Waals surface area contributed by atoms with E-state index in [0.717, 1.165) is 49.0 Å². The van der Waals surface area contributed by atoms with Gasteiger partial charge in [-0.2, -0.15) is 4.31 Å².